The molecule has 0 aliphatic heterocycles. The third kappa shape index (κ3) is 8.49. The number of para-hydroxylation sites is 1. The molecule has 0 spiro atoms. The molecule has 0 saturated heterocycles. The van der Waals surface area contributed by atoms with Crippen molar-refractivity contribution in [2.75, 3.05) is 6.61 Å². The van der Waals surface area contributed by atoms with Crippen molar-refractivity contribution in [1.29, 1.82) is 0 Å². The Morgan fingerprint density at radius 2 is 1.49 bits per heavy atom. The fourth-order valence-corrected chi connectivity index (χ4v) is 4.21. The van der Waals surface area contributed by atoms with E-state index in [0.717, 1.165) is 22.3 Å². The Balaban J connectivity index is 1.94. The van der Waals surface area contributed by atoms with Crippen LogP contribution < -0.4 is 10.1 Å². The number of aryl methyl sites for hydroxylation is 1. The molecule has 0 aliphatic rings. The van der Waals surface area contributed by atoms with E-state index in [1.807, 2.05) is 107 Å². The molecule has 1 unspecified atom stereocenters. The summed E-state index contributed by atoms with van der Waals surface area (Å²) >= 11 is 0. The van der Waals surface area contributed by atoms with Gasteiger partial charge in [0.05, 0.1) is 0 Å². The van der Waals surface area contributed by atoms with E-state index in [1.54, 1.807) is 4.90 Å². The predicted molar refractivity (Wildman–Crippen MR) is 150 cm³/mol. The van der Waals surface area contributed by atoms with Crippen LogP contribution in [-0.2, 0) is 22.6 Å². The molecule has 0 aliphatic carbocycles. The Morgan fingerprint density at radius 3 is 2.11 bits per heavy atom. The summed E-state index contributed by atoms with van der Waals surface area (Å²) in [7, 11) is 0. The lowest BCUT2D eigenvalue weighted by atomic mass is 10.0. The molecule has 1 N–H and O–H groups in total. The number of nitrogens with zero attached hydrogens (tertiary/aromatic N) is 1. The van der Waals surface area contributed by atoms with Crippen LogP contribution in [0.5, 0.6) is 5.75 Å². The SMILES string of the molecule is Cc1ccc(CN(C(=O)COc2ccccc2C(C)C)C(Cc2ccccc2)C(=O)NC(C)(C)C)cc1. The van der Waals surface area contributed by atoms with Crippen molar-refractivity contribution >= 4 is 11.8 Å². The lowest BCUT2D eigenvalue weighted by Gasteiger charge is -2.34. The highest BCUT2D eigenvalue weighted by Crippen LogP contribution is 2.26. The molecule has 5 heteroatoms. The molecule has 1 atom stereocenters. The topological polar surface area (TPSA) is 58.6 Å². The van der Waals surface area contributed by atoms with Crippen LogP contribution in [0.15, 0.2) is 78.9 Å². The van der Waals surface area contributed by atoms with Crippen LogP contribution in [0.2, 0.25) is 0 Å². The maximum Gasteiger partial charge on any atom is 0.261 e. The average molecular weight is 501 g/mol. The van der Waals surface area contributed by atoms with Gasteiger partial charge in [-0.2, -0.15) is 0 Å². The number of nitrogens with one attached hydrogen (secondary N) is 1. The molecule has 3 aromatic carbocycles. The molecule has 0 saturated carbocycles. The second-order valence-corrected chi connectivity index (χ2v) is 10.9. The number of ether oxygens (including phenoxy) is 1. The molecule has 0 heterocycles. The van der Waals surface area contributed by atoms with Crippen molar-refractivity contribution < 1.29 is 14.3 Å². The van der Waals surface area contributed by atoms with Gasteiger partial charge < -0.3 is 15.0 Å². The van der Waals surface area contributed by atoms with Gasteiger partial charge in [-0.3, -0.25) is 9.59 Å². The maximum absolute atomic E-state index is 13.8. The van der Waals surface area contributed by atoms with E-state index in [2.05, 4.69) is 19.2 Å². The molecule has 196 valence electrons. The van der Waals surface area contributed by atoms with Gasteiger partial charge in [-0.25, -0.2) is 0 Å². The summed E-state index contributed by atoms with van der Waals surface area (Å²) in [6.45, 7) is 12.2. The minimum absolute atomic E-state index is 0.149. The van der Waals surface area contributed by atoms with Crippen LogP contribution in [0.4, 0.5) is 0 Å². The lowest BCUT2D eigenvalue weighted by Crippen LogP contribution is -2.55. The highest BCUT2D eigenvalue weighted by atomic mass is 16.5. The van der Waals surface area contributed by atoms with Gasteiger partial charge in [-0.15, -0.1) is 0 Å². The minimum atomic E-state index is -0.695. The van der Waals surface area contributed by atoms with Gasteiger partial charge >= 0.3 is 0 Å². The molecule has 3 rings (SSSR count). The monoisotopic (exact) mass is 500 g/mol. The largest absolute Gasteiger partial charge is 0.483 e. The summed E-state index contributed by atoms with van der Waals surface area (Å²) in [5, 5.41) is 3.09. The fourth-order valence-electron chi connectivity index (χ4n) is 4.21. The van der Waals surface area contributed by atoms with Crippen molar-refractivity contribution in [3.63, 3.8) is 0 Å². The minimum Gasteiger partial charge on any atom is -0.483 e. The van der Waals surface area contributed by atoms with Gasteiger partial charge in [-0.05, 0) is 56.4 Å². The molecule has 2 amide bonds. The Hall–Kier alpha value is -3.60. The normalized spacial score (nSPS) is 12.2. The van der Waals surface area contributed by atoms with Gasteiger partial charge in [0.15, 0.2) is 6.61 Å². The molecule has 0 radical (unpaired) electrons. The number of carbonyl (C=O) groups is 2. The average Bonchev–Trinajstić information content (AvgIpc) is 2.85. The number of hydrogen-bond donors (Lipinski definition) is 1. The summed E-state index contributed by atoms with van der Waals surface area (Å²) in [5.74, 6) is 0.543. The Labute approximate surface area is 221 Å². The van der Waals surface area contributed by atoms with Crippen LogP contribution >= 0.6 is 0 Å². The first-order valence-corrected chi connectivity index (χ1v) is 13.0. The molecule has 0 aromatic heterocycles. The smallest absolute Gasteiger partial charge is 0.261 e. The number of rotatable bonds is 10. The van der Waals surface area contributed by atoms with E-state index in [1.165, 1.54) is 0 Å². The number of amides is 2. The van der Waals surface area contributed by atoms with E-state index in [0.29, 0.717) is 18.7 Å². The van der Waals surface area contributed by atoms with Crippen LogP contribution in [0, 0.1) is 6.92 Å². The summed E-state index contributed by atoms with van der Waals surface area (Å²) in [5.41, 5.74) is 3.71. The van der Waals surface area contributed by atoms with Crippen LogP contribution in [0.25, 0.3) is 0 Å². The third-order valence-corrected chi connectivity index (χ3v) is 6.13. The van der Waals surface area contributed by atoms with Crippen LogP contribution in [0.1, 0.15) is 62.8 Å². The number of hydrogen-bond acceptors (Lipinski definition) is 3. The Bertz CT molecular complexity index is 1160. The van der Waals surface area contributed by atoms with Crippen LogP contribution in [-0.4, -0.2) is 34.9 Å². The second-order valence-electron chi connectivity index (χ2n) is 10.9. The van der Waals surface area contributed by atoms with E-state index >= 15 is 0 Å². The third-order valence-electron chi connectivity index (χ3n) is 6.13. The van der Waals surface area contributed by atoms with E-state index in [-0.39, 0.29) is 24.3 Å². The highest BCUT2D eigenvalue weighted by molar-refractivity contribution is 5.89. The number of carbonyl (C=O) groups excluding carboxylic acids is 2. The van der Waals surface area contributed by atoms with Gasteiger partial charge in [0.2, 0.25) is 5.91 Å². The lowest BCUT2D eigenvalue weighted by molar-refractivity contribution is -0.143. The highest BCUT2D eigenvalue weighted by Gasteiger charge is 2.32. The first-order valence-electron chi connectivity index (χ1n) is 13.0. The molecular formula is C32H40N2O3. The predicted octanol–water partition coefficient (Wildman–Crippen LogP) is 6.05. The standard InChI is InChI=1S/C32H40N2O3/c1-23(2)27-14-10-11-15-29(27)37-22-30(35)34(21-26-18-16-24(3)17-19-26)28(31(36)33-32(4,5)6)20-25-12-8-7-9-13-25/h7-19,23,28H,20-22H2,1-6H3,(H,33,36). The van der Waals surface area contributed by atoms with E-state index in [4.69, 9.17) is 4.74 Å². The van der Waals surface area contributed by atoms with E-state index < -0.39 is 11.6 Å². The fraction of sp³-hybridized carbons (Fsp3) is 0.375. The van der Waals surface area contributed by atoms with Gasteiger partial charge in [0.25, 0.3) is 5.91 Å². The van der Waals surface area contributed by atoms with Crippen LogP contribution in [0.3, 0.4) is 0 Å². The molecule has 0 bridgehead atoms. The van der Waals surface area contributed by atoms with Crippen molar-refractivity contribution in [3.8, 4) is 5.75 Å². The molecule has 3 aromatic rings. The maximum atomic E-state index is 13.8. The molecular weight excluding hydrogens is 460 g/mol. The van der Waals surface area contributed by atoms with Crippen molar-refractivity contribution in [3.05, 3.63) is 101 Å². The zero-order valence-electron chi connectivity index (χ0n) is 23.0. The Kier molecular flexibility index (Phi) is 9.51. The van der Waals surface area contributed by atoms with Gasteiger partial charge in [0.1, 0.15) is 11.8 Å². The summed E-state index contributed by atoms with van der Waals surface area (Å²) in [6.07, 6.45) is 0.406. The second kappa shape index (κ2) is 12.6. The zero-order valence-corrected chi connectivity index (χ0v) is 23.0. The first kappa shape index (κ1) is 28.0. The summed E-state index contributed by atoms with van der Waals surface area (Å²) in [4.78, 5) is 29.1. The first-order chi connectivity index (χ1) is 17.5. The quantitative estimate of drug-likeness (QED) is 0.369. The van der Waals surface area contributed by atoms with Gasteiger partial charge in [0, 0.05) is 18.5 Å². The molecule has 37 heavy (non-hydrogen) atoms. The summed E-state index contributed by atoms with van der Waals surface area (Å²) in [6, 6.07) is 25.0. The summed E-state index contributed by atoms with van der Waals surface area (Å²) < 4.78 is 6.06. The van der Waals surface area contributed by atoms with Crippen molar-refractivity contribution in [2.45, 2.75) is 72.0 Å². The molecule has 0 fully saturated rings. The van der Waals surface area contributed by atoms with Gasteiger partial charge in [-0.1, -0.05) is 92.2 Å². The number of benzene rings is 3. The van der Waals surface area contributed by atoms with E-state index in [9.17, 15) is 9.59 Å². The molecule has 5 nitrogen and oxygen atoms in total. The zero-order chi connectivity index (χ0) is 27.0. The Morgan fingerprint density at radius 1 is 0.865 bits per heavy atom. The van der Waals surface area contributed by atoms with Crippen molar-refractivity contribution in [1.82, 2.24) is 10.2 Å². The van der Waals surface area contributed by atoms with Crippen molar-refractivity contribution in [2.24, 2.45) is 0 Å².